The Bertz CT molecular complexity index is 656. The van der Waals surface area contributed by atoms with Crippen LogP contribution in [0.15, 0.2) is 42.5 Å². The SMILES string of the molecule is COc1cccc(CCC(=O)NCc2ccc(F)cc2)c1OC. The van der Waals surface area contributed by atoms with Gasteiger partial charge in [0, 0.05) is 13.0 Å². The van der Waals surface area contributed by atoms with Gasteiger partial charge in [0.1, 0.15) is 5.82 Å². The molecule has 0 unspecified atom stereocenters. The summed E-state index contributed by atoms with van der Waals surface area (Å²) >= 11 is 0. The normalized spacial score (nSPS) is 10.2. The summed E-state index contributed by atoms with van der Waals surface area (Å²) in [5.41, 5.74) is 1.78. The van der Waals surface area contributed by atoms with Crippen LogP contribution >= 0.6 is 0 Å². The summed E-state index contributed by atoms with van der Waals surface area (Å²) in [6, 6.07) is 11.7. The zero-order valence-electron chi connectivity index (χ0n) is 13.3. The van der Waals surface area contributed by atoms with Crippen molar-refractivity contribution in [1.29, 1.82) is 0 Å². The molecule has 0 aliphatic carbocycles. The number of carbonyl (C=O) groups excluding carboxylic acids is 1. The summed E-state index contributed by atoms with van der Waals surface area (Å²) < 4.78 is 23.4. The Hall–Kier alpha value is -2.56. The molecule has 0 radical (unpaired) electrons. The molecule has 0 aliphatic rings. The Labute approximate surface area is 135 Å². The molecule has 23 heavy (non-hydrogen) atoms. The first-order valence-corrected chi connectivity index (χ1v) is 7.35. The van der Waals surface area contributed by atoms with Gasteiger partial charge in [-0.2, -0.15) is 0 Å². The molecule has 0 saturated carbocycles. The molecular weight excluding hydrogens is 297 g/mol. The highest BCUT2D eigenvalue weighted by atomic mass is 19.1. The molecule has 2 aromatic rings. The molecule has 0 aliphatic heterocycles. The molecule has 0 fully saturated rings. The predicted molar refractivity (Wildman–Crippen MR) is 86.1 cm³/mol. The number of para-hydroxylation sites is 1. The molecule has 0 spiro atoms. The number of hydrogen-bond acceptors (Lipinski definition) is 3. The number of amides is 1. The molecule has 1 N–H and O–H groups in total. The smallest absolute Gasteiger partial charge is 0.220 e. The van der Waals surface area contributed by atoms with Gasteiger partial charge in [-0.3, -0.25) is 4.79 Å². The van der Waals surface area contributed by atoms with E-state index in [0.717, 1.165) is 11.1 Å². The van der Waals surface area contributed by atoms with Gasteiger partial charge in [-0.05, 0) is 35.7 Å². The van der Waals surface area contributed by atoms with E-state index in [4.69, 9.17) is 9.47 Å². The number of benzene rings is 2. The van der Waals surface area contributed by atoms with Crippen molar-refractivity contribution in [1.82, 2.24) is 5.32 Å². The Morgan fingerprint density at radius 1 is 1.09 bits per heavy atom. The first-order chi connectivity index (χ1) is 11.1. The summed E-state index contributed by atoms with van der Waals surface area (Å²) in [7, 11) is 3.16. The van der Waals surface area contributed by atoms with Crippen LogP contribution in [0.5, 0.6) is 11.5 Å². The lowest BCUT2D eigenvalue weighted by molar-refractivity contribution is -0.121. The van der Waals surface area contributed by atoms with Crippen LogP contribution in [0.2, 0.25) is 0 Å². The van der Waals surface area contributed by atoms with Crippen LogP contribution in [0, 0.1) is 5.82 Å². The minimum atomic E-state index is -0.287. The van der Waals surface area contributed by atoms with E-state index < -0.39 is 0 Å². The lowest BCUT2D eigenvalue weighted by atomic mass is 10.1. The van der Waals surface area contributed by atoms with Crippen LogP contribution in [-0.2, 0) is 17.8 Å². The second-order valence-corrected chi connectivity index (χ2v) is 5.06. The maximum absolute atomic E-state index is 12.8. The topological polar surface area (TPSA) is 47.6 Å². The second-order valence-electron chi connectivity index (χ2n) is 5.06. The van der Waals surface area contributed by atoms with Gasteiger partial charge in [-0.1, -0.05) is 24.3 Å². The molecule has 0 bridgehead atoms. The van der Waals surface area contributed by atoms with Crippen molar-refractivity contribution in [3.05, 3.63) is 59.4 Å². The summed E-state index contributed by atoms with van der Waals surface area (Å²) in [5.74, 6) is 0.947. The van der Waals surface area contributed by atoms with Crippen LogP contribution in [0.3, 0.4) is 0 Å². The highest BCUT2D eigenvalue weighted by Gasteiger charge is 2.11. The molecule has 1 amide bonds. The van der Waals surface area contributed by atoms with E-state index >= 15 is 0 Å². The lowest BCUT2D eigenvalue weighted by Gasteiger charge is -2.12. The zero-order valence-corrected chi connectivity index (χ0v) is 13.3. The Kier molecular flexibility index (Phi) is 5.97. The van der Waals surface area contributed by atoms with Crippen molar-refractivity contribution in [2.24, 2.45) is 0 Å². The summed E-state index contributed by atoms with van der Waals surface area (Å²) in [6.45, 7) is 0.383. The summed E-state index contributed by atoms with van der Waals surface area (Å²) in [4.78, 5) is 12.0. The average Bonchev–Trinajstić information content (AvgIpc) is 2.58. The van der Waals surface area contributed by atoms with E-state index in [0.29, 0.717) is 30.9 Å². The molecule has 0 saturated heterocycles. The zero-order chi connectivity index (χ0) is 16.7. The minimum absolute atomic E-state index is 0.0702. The van der Waals surface area contributed by atoms with E-state index in [2.05, 4.69) is 5.32 Å². The fourth-order valence-corrected chi connectivity index (χ4v) is 2.29. The number of halogens is 1. The fourth-order valence-electron chi connectivity index (χ4n) is 2.29. The Morgan fingerprint density at radius 2 is 1.83 bits per heavy atom. The largest absolute Gasteiger partial charge is 0.493 e. The van der Waals surface area contributed by atoms with Crippen molar-refractivity contribution < 1.29 is 18.7 Å². The van der Waals surface area contributed by atoms with Gasteiger partial charge in [0.15, 0.2) is 11.5 Å². The molecular formula is C18H20FNO3. The van der Waals surface area contributed by atoms with Gasteiger partial charge in [-0.15, -0.1) is 0 Å². The van der Waals surface area contributed by atoms with E-state index in [1.54, 1.807) is 26.4 Å². The number of ether oxygens (including phenoxy) is 2. The van der Waals surface area contributed by atoms with Crippen molar-refractivity contribution in [3.8, 4) is 11.5 Å². The number of nitrogens with one attached hydrogen (secondary N) is 1. The highest BCUT2D eigenvalue weighted by Crippen LogP contribution is 2.31. The van der Waals surface area contributed by atoms with E-state index in [1.165, 1.54) is 12.1 Å². The fraction of sp³-hybridized carbons (Fsp3) is 0.278. The number of carbonyl (C=O) groups is 1. The molecule has 0 heterocycles. The Balaban J connectivity index is 1.88. The number of hydrogen-bond donors (Lipinski definition) is 1. The maximum atomic E-state index is 12.8. The van der Waals surface area contributed by atoms with Gasteiger partial charge in [0.25, 0.3) is 0 Å². The van der Waals surface area contributed by atoms with Crippen molar-refractivity contribution >= 4 is 5.91 Å². The second kappa shape index (κ2) is 8.17. The van der Waals surface area contributed by atoms with E-state index in [9.17, 15) is 9.18 Å². The van der Waals surface area contributed by atoms with Gasteiger partial charge in [0.2, 0.25) is 5.91 Å². The Morgan fingerprint density at radius 3 is 2.48 bits per heavy atom. The third-order valence-corrected chi connectivity index (χ3v) is 3.51. The molecule has 0 aromatic heterocycles. The standard InChI is InChI=1S/C18H20FNO3/c1-22-16-5-3-4-14(18(16)23-2)8-11-17(21)20-12-13-6-9-15(19)10-7-13/h3-7,9-10H,8,11-12H2,1-2H3,(H,20,21). The molecule has 5 heteroatoms. The highest BCUT2D eigenvalue weighted by molar-refractivity contribution is 5.76. The van der Waals surface area contributed by atoms with E-state index in [1.807, 2.05) is 18.2 Å². The van der Waals surface area contributed by atoms with Crippen LogP contribution in [0.25, 0.3) is 0 Å². The number of methoxy groups -OCH3 is 2. The minimum Gasteiger partial charge on any atom is -0.493 e. The molecule has 122 valence electrons. The van der Waals surface area contributed by atoms with Gasteiger partial charge >= 0.3 is 0 Å². The quantitative estimate of drug-likeness (QED) is 0.853. The maximum Gasteiger partial charge on any atom is 0.220 e. The van der Waals surface area contributed by atoms with Gasteiger partial charge in [-0.25, -0.2) is 4.39 Å². The van der Waals surface area contributed by atoms with E-state index in [-0.39, 0.29) is 11.7 Å². The van der Waals surface area contributed by atoms with Crippen molar-refractivity contribution in [2.75, 3.05) is 14.2 Å². The number of rotatable bonds is 7. The molecule has 0 atom stereocenters. The van der Waals surface area contributed by atoms with Gasteiger partial charge < -0.3 is 14.8 Å². The van der Waals surface area contributed by atoms with Crippen molar-refractivity contribution in [3.63, 3.8) is 0 Å². The first kappa shape index (κ1) is 16.8. The molecule has 2 rings (SSSR count). The van der Waals surface area contributed by atoms with Crippen LogP contribution in [0.1, 0.15) is 17.5 Å². The van der Waals surface area contributed by atoms with Crippen LogP contribution in [-0.4, -0.2) is 20.1 Å². The van der Waals surface area contributed by atoms with Gasteiger partial charge in [0.05, 0.1) is 14.2 Å². The third kappa shape index (κ3) is 4.71. The summed E-state index contributed by atoms with van der Waals surface area (Å²) in [6.07, 6.45) is 0.889. The van der Waals surface area contributed by atoms with Crippen LogP contribution < -0.4 is 14.8 Å². The molecule has 2 aromatic carbocycles. The number of aryl methyl sites for hydroxylation is 1. The third-order valence-electron chi connectivity index (χ3n) is 3.51. The monoisotopic (exact) mass is 317 g/mol. The summed E-state index contributed by atoms with van der Waals surface area (Å²) in [5, 5.41) is 2.82. The average molecular weight is 317 g/mol. The van der Waals surface area contributed by atoms with Crippen LogP contribution in [0.4, 0.5) is 4.39 Å². The molecule has 4 nitrogen and oxygen atoms in total. The lowest BCUT2D eigenvalue weighted by Crippen LogP contribution is -2.23. The van der Waals surface area contributed by atoms with Crippen molar-refractivity contribution in [2.45, 2.75) is 19.4 Å². The first-order valence-electron chi connectivity index (χ1n) is 7.35. The predicted octanol–water partition coefficient (Wildman–Crippen LogP) is 3.09.